The monoisotopic (exact) mass is 223 g/mol. The number of nitrogens with zero attached hydrogens (tertiary/aromatic N) is 1. The minimum absolute atomic E-state index is 0.579. The van der Waals surface area contributed by atoms with Gasteiger partial charge in [0.2, 0.25) is 0 Å². The van der Waals surface area contributed by atoms with Crippen LogP contribution in [0.4, 0.5) is 0 Å². The van der Waals surface area contributed by atoms with Crippen molar-refractivity contribution >= 4 is 15.9 Å². The van der Waals surface area contributed by atoms with Crippen LogP contribution in [0.15, 0.2) is 0 Å². The molecule has 11 heavy (non-hydrogen) atoms. The van der Waals surface area contributed by atoms with Crippen molar-refractivity contribution in [3.8, 4) is 0 Å². The third kappa shape index (κ3) is 8.30. The summed E-state index contributed by atoms with van der Waals surface area (Å²) in [6.45, 7) is 5.24. The van der Waals surface area contributed by atoms with Gasteiger partial charge in [-0.05, 0) is 13.5 Å². The van der Waals surface area contributed by atoms with Crippen molar-refractivity contribution in [3.05, 3.63) is 0 Å². The molecule has 0 aromatic heterocycles. The average molecular weight is 224 g/mol. The maximum atomic E-state index is 4.96. The molecule has 0 aliphatic heterocycles. The number of ether oxygens (including phenoxy) is 1. The molecular weight excluding hydrogens is 206 g/mol. The van der Waals surface area contributed by atoms with Crippen LogP contribution >= 0.6 is 15.9 Å². The molecule has 3 heteroatoms. The van der Waals surface area contributed by atoms with Crippen LogP contribution in [0.3, 0.4) is 0 Å². The summed E-state index contributed by atoms with van der Waals surface area (Å²) in [5.41, 5.74) is 0. The molecule has 1 unspecified atom stereocenters. The lowest BCUT2D eigenvalue weighted by atomic mass is 10.4. The third-order valence-electron chi connectivity index (χ3n) is 1.45. The molecule has 68 valence electrons. The molecule has 0 spiro atoms. The smallest absolute Gasteiger partial charge is 0.0474 e. The summed E-state index contributed by atoms with van der Waals surface area (Å²) < 4.78 is 4.96. The van der Waals surface area contributed by atoms with Crippen molar-refractivity contribution < 1.29 is 4.74 Å². The van der Waals surface area contributed by atoms with Crippen molar-refractivity contribution in [1.82, 2.24) is 4.90 Å². The van der Waals surface area contributed by atoms with Gasteiger partial charge in [-0.3, -0.25) is 0 Å². The largest absolute Gasteiger partial charge is 0.385 e. The fraction of sp³-hybridized carbons (Fsp3) is 1.00. The molecule has 0 bridgehead atoms. The highest BCUT2D eigenvalue weighted by atomic mass is 79.9. The van der Waals surface area contributed by atoms with Crippen LogP contribution < -0.4 is 0 Å². The predicted octanol–water partition coefficient (Wildman–Crippen LogP) is 1.74. The number of rotatable bonds is 6. The Bertz CT molecular complexity index is 88.2. The van der Waals surface area contributed by atoms with E-state index >= 15 is 0 Å². The maximum absolute atomic E-state index is 4.96. The van der Waals surface area contributed by atoms with Crippen LogP contribution in [0.5, 0.6) is 0 Å². The van der Waals surface area contributed by atoms with Gasteiger partial charge in [0.25, 0.3) is 0 Å². The van der Waals surface area contributed by atoms with Gasteiger partial charge in [-0.25, -0.2) is 0 Å². The van der Waals surface area contributed by atoms with Crippen molar-refractivity contribution in [2.45, 2.75) is 18.2 Å². The summed E-state index contributed by atoms with van der Waals surface area (Å²) >= 11 is 3.51. The zero-order valence-corrected chi connectivity index (χ0v) is 9.23. The number of hydrogen-bond acceptors (Lipinski definition) is 2. The molecule has 0 saturated heterocycles. The lowest BCUT2D eigenvalue weighted by Crippen LogP contribution is -2.26. The van der Waals surface area contributed by atoms with Gasteiger partial charge in [0.1, 0.15) is 0 Å². The first kappa shape index (κ1) is 11.4. The van der Waals surface area contributed by atoms with E-state index in [0.717, 1.165) is 26.1 Å². The third-order valence-corrected chi connectivity index (χ3v) is 1.74. The van der Waals surface area contributed by atoms with E-state index in [0.29, 0.717) is 4.83 Å². The summed E-state index contributed by atoms with van der Waals surface area (Å²) in [5, 5.41) is 0. The first-order valence-electron chi connectivity index (χ1n) is 3.98. The van der Waals surface area contributed by atoms with Crippen molar-refractivity contribution in [3.63, 3.8) is 0 Å². The number of halogens is 1. The molecule has 1 atom stereocenters. The Balaban J connectivity index is 3.15. The fourth-order valence-corrected chi connectivity index (χ4v) is 1.49. The second kappa shape index (κ2) is 7.07. The Morgan fingerprint density at radius 3 is 2.64 bits per heavy atom. The zero-order chi connectivity index (χ0) is 8.69. The van der Waals surface area contributed by atoms with E-state index in [1.54, 1.807) is 7.11 Å². The molecule has 0 aliphatic rings. The highest BCUT2D eigenvalue weighted by Gasteiger charge is 2.01. The first-order valence-corrected chi connectivity index (χ1v) is 4.90. The maximum Gasteiger partial charge on any atom is 0.0474 e. The minimum Gasteiger partial charge on any atom is -0.385 e. The Kier molecular flexibility index (Phi) is 7.33. The van der Waals surface area contributed by atoms with E-state index in [2.05, 4.69) is 34.8 Å². The molecule has 0 heterocycles. The highest BCUT2D eigenvalue weighted by molar-refractivity contribution is 9.09. The van der Waals surface area contributed by atoms with Gasteiger partial charge >= 0.3 is 0 Å². The predicted molar refractivity (Wildman–Crippen MR) is 52.4 cm³/mol. The van der Waals surface area contributed by atoms with E-state index in [1.165, 1.54) is 0 Å². The normalized spacial score (nSPS) is 13.9. The number of alkyl halides is 1. The SMILES string of the molecule is COCCCN(C)CC(C)Br. The fourth-order valence-electron chi connectivity index (χ4n) is 1.000. The molecule has 0 fully saturated rings. The van der Waals surface area contributed by atoms with Gasteiger partial charge in [-0.1, -0.05) is 22.9 Å². The zero-order valence-electron chi connectivity index (χ0n) is 7.64. The standard InChI is InChI=1S/C8H18BrNO/c1-8(9)7-10(2)5-4-6-11-3/h8H,4-7H2,1-3H3. The van der Waals surface area contributed by atoms with Gasteiger partial charge in [0, 0.05) is 31.6 Å². The molecular formula is C8H18BrNO. The lowest BCUT2D eigenvalue weighted by Gasteiger charge is -2.17. The van der Waals surface area contributed by atoms with Gasteiger partial charge in [-0.2, -0.15) is 0 Å². The van der Waals surface area contributed by atoms with Crippen LogP contribution in [0.1, 0.15) is 13.3 Å². The van der Waals surface area contributed by atoms with E-state index in [4.69, 9.17) is 4.74 Å². The van der Waals surface area contributed by atoms with E-state index in [-0.39, 0.29) is 0 Å². The van der Waals surface area contributed by atoms with Gasteiger partial charge in [0.15, 0.2) is 0 Å². The average Bonchev–Trinajstić information content (AvgIpc) is 1.86. The molecule has 0 saturated carbocycles. The number of methoxy groups -OCH3 is 1. The molecule has 0 radical (unpaired) electrons. The van der Waals surface area contributed by atoms with Gasteiger partial charge in [-0.15, -0.1) is 0 Å². The lowest BCUT2D eigenvalue weighted by molar-refractivity contribution is 0.180. The van der Waals surface area contributed by atoms with Crippen LogP contribution in [0.25, 0.3) is 0 Å². The second-order valence-electron chi connectivity index (χ2n) is 2.89. The van der Waals surface area contributed by atoms with E-state index in [9.17, 15) is 0 Å². The molecule has 2 nitrogen and oxygen atoms in total. The van der Waals surface area contributed by atoms with Crippen molar-refractivity contribution in [2.75, 3.05) is 33.9 Å². The van der Waals surface area contributed by atoms with Gasteiger partial charge in [0.05, 0.1) is 0 Å². The summed E-state index contributed by atoms with van der Waals surface area (Å²) in [5.74, 6) is 0. The Labute approximate surface area is 78.0 Å². The molecule has 0 aliphatic carbocycles. The van der Waals surface area contributed by atoms with Crippen molar-refractivity contribution in [2.24, 2.45) is 0 Å². The van der Waals surface area contributed by atoms with Gasteiger partial charge < -0.3 is 9.64 Å². The topological polar surface area (TPSA) is 12.5 Å². The first-order chi connectivity index (χ1) is 5.16. The summed E-state index contributed by atoms with van der Waals surface area (Å²) in [7, 11) is 3.88. The quantitative estimate of drug-likeness (QED) is 0.503. The molecule has 0 aromatic carbocycles. The van der Waals surface area contributed by atoms with Crippen LogP contribution in [0.2, 0.25) is 0 Å². The van der Waals surface area contributed by atoms with E-state index in [1.807, 2.05) is 0 Å². The summed E-state index contributed by atoms with van der Waals surface area (Å²) in [4.78, 5) is 2.88. The van der Waals surface area contributed by atoms with Crippen LogP contribution in [-0.4, -0.2) is 43.6 Å². The van der Waals surface area contributed by atoms with E-state index < -0.39 is 0 Å². The summed E-state index contributed by atoms with van der Waals surface area (Å²) in [6, 6.07) is 0. The Hall–Kier alpha value is 0.400. The minimum atomic E-state index is 0.579. The van der Waals surface area contributed by atoms with Crippen LogP contribution in [-0.2, 0) is 4.74 Å². The summed E-state index contributed by atoms with van der Waals surface area (Å²) in [6.07, 6.45) is 1.12. The second-order valence-corrected chi connectivity index (χ2v) is 4.45. The highest BCUT2D eigenvalue weighted by Crippen LogP contribution is 1.99. The molecule has 0 N–H and O–H groups in total. The number of hydrogen-bond donors (Lipinski definition) is 0. The van der Waals surface area contributed by atoms with Crippen LogP contribution in [0, 0.1) is 0 Å². The van der Waals surface area contributed by atoms with Crippen molar-refractivity contribution in [1.29, 1.82) is 0 Å². The Morgan fingerprint density at radius 2 is 2.18 bits per heavy atom. The molecule has 0 aromatic rings. The molecule has 0 amide bonds. The Morgan fingerprint density at radius 1 is 1.55 bits per heavy atom. The molecule has 0 rings (SSSR count).